The van der Waals surface area contributed by atoms with Gasteiger partial charge in [-0.05, 0) is 12.1 Å². The van der Waals surface area contributed by atoms with E-state index in [-0.39, 0.29) is 22.9 Å². The van der Waals surface area contributed by atoms with Crippen molar-refractivity contribution in [2.24, 2.45) is 5.73 Å². The van der Waals surface area contributed by atoms with Gasteiger partial charge >= 0.3 is 0 Å². The molecule has 1 aromatic carbocycles. The summed E-state index contributed by atoms with van der Waals surface area (Å²) >= 11 is 5.76. The van der Waals surface area contributed by atoms with Crippen LogP contribution in [0, 0.1) is 5.82 Å². The Bertz CT molecular complexity index is 466. The van der Waals surface area contributed by atoms with Crippen LogP contribution in [0.2, 0.25) is 5.02 Å². The van der Waals surface area contributed by atoms with Crippen LogP contribution in [0.25, 0.3) is 0 Å². The lowest BCUT2D eigenvalue weighted by Crippen LogP contribution is -2.28. The monoisotopic (exact) mass is 265 g/mol. The van der Waals surface area contributed by atoms with Gasteiger partial charge < -0.3 is 10.5 Å². The summed E-state index contributed by atoms with van der Waals surface area (Å²) in [6, 6.07) is 2.36. The van der Waals surface area contributed by atoms with Crippen LogP contribution in [-0.4, -0.2) is 19.6 Å². The molecule has 0 aliphatic heterocycles. The molecular weight excluding hydrogens is 255 g/mol. The summed E-state index contributed by atoms with van der Waals surface area (Å²) in [7, 11) is 1.32. The summed E-state index contributed by atoms with van der Waals surface area (Å²) in [5, 5.41) is -0.341. The van der Waals surface area contributed by atoms with Crippen LogP contribution < -0.4 is 10.5 Å². The zero-order chi connectivity index (χ0) is 12.8. The van der Waals surface area contributed by atoms with Crippen molar-refractivity contribution >= 4 is 11.6 Å². The van der Waals surface area contributed by atoms with Crippen molar-refractivity contribution in [2.45, 2.75) is 17.8 Å². The number of rotatable bonds is 3. The van der Waals surface area contributed by atoms with Crippen LogP contribution in [0.1, 0.15) is 12.0 Å². The quantitative estimate of drug-likeness (QED) is 0.912. The molecule has 0 aromatic heterocycles. The average Bonchev–Trinajstić information content (AvgIpc) is 2.85. The SMILES string of the molecule is COc1ccc(F)c(Cl)c1C1(CN)CC1(F)F. The molecule has 1 fully saturated rings. The van der Waals surface area contributed by atoms with E-state index in [1.807, 2.05) is 0 Å². The number of benzene rings is 1. The fraction of sp³-hybridized carbons (Fsp3) is 0.455. The van der Waals surface area contributed by atoms with Gasteiger partial charge in [0.2, 0.25) is 0 Å². The van der Waals surface area contributed by atoms with Gasteiger partial charge in [0.15, 0.2) is 0 Å². The normalized spacial score (nSPS) is 25.8. The first-order chi connectivity index (χ1) is 7.89. The van der Waals surface area contributed by atoms with Crippen molar-refractivity contribution in [2.75, 3.05) is 13.7 Å². The minimum Gasteiger partial charge on any atom is -0.496 e. The Kier molecular flexibility index (Phi) is 2.78. The smallest absolute Gasteiger partial charge is 0.260 e. The van der Waals surface area contributed by atoms with Crippen LogP contribution in [0.3, 0.4) is 0 Å². The van der Waals surface area contributed by atoms with Gasteiger partial charge in [0, 0.05) is 18.5 Å². The molecule has 94 valence electrons. The molecule has 1 saturated carbocycles. The van der Waals surface area contributed by atoms with E-state index in [4.69, 9.17) is 22.1 Å². The zero-order valence-electron chi connectivity index (χ0n) is 9.07. The van der Waals surface area contributed by atoms with Gasteiger partial charge in [0.25, 0.3) is 5.92 Å². The molecule has 1 unspecified atom stereocenters. The van der Waals surface area contributed by atoms with E-state index in [2.05, 4.69) is 0 Å². The highest BCUT2D eigenvalue weighted by Gasteiger charge is 2.72. The van der Waals surface area contributed by atoms with Crippen molar-refractivity contribution in [3.8, 4) is 5.75 Å². The molecular formula is C11H11ClF3NO. The summed E-state index contributed by atoms with van der Waals surface area (Å²) in [5.41, 5.74) is 3.77. The van der Waals surface area contributed by atoms with E-state index in [1.54, 1.807) is 0 Å². The Labute approximate surface area is 102 Å². The van der Waals surface area contributed by atoms with Gasteiger partial charge in [-0.3, -0.25) is 0 Å². The third kappa shape index (κ3) is 1.60. The number of nitrogens with two attached hydrogens (primary N) is 1. The van der Waals surface area contributed by atoms with Gasteiger partial charge in [0.1, 0.15) is 11.6 Å². The molecule has 0 amide bonds. The molecule has 2 rings (SSSR count). The highest BCUT2D eigenvalue weighted by atomic mass is 35.5. The molecule has 0 radical (unpaired) electrons. The lowest BCUT2D eigenvalue weighted by Gasteiger charge is -2.19. The van der Waals surface area contributed by atoms with E-state index in [0.29, 0.717) is 0 Å². The molecule has 0 heterocycles. The number of hydrogen-bond acceptors (Lipinski definition) is 2. The fourth-order valence-corrected chi connectivity index (χ4v) is 2.42. The van der Waals surface area contributed by atoms with Crippen molar-refractivity contribution in [1.82, 2.24) is 0 Å². The summed E-state index contributed by atoms with van der Waals surface area (Å²) in [5.74, 6) is -3.58. The fourth-order valence-electron chi connectivity index (χ4n) is 2.08. The summed E-state index contributed by atoms with van der Waals surface area (Å²) in [6.07, 6.45) is -0.434. The minimum atomic E-state index is -2.97. The largest absolute Gasteiger partial charge is 0.496 e. The highest BCUT2D eigenvalue weighted by Crippen LogP contribution is 2.64. The first kappa shape index (κ1) is 12.5. The Hall–Kier alpha value is -0.940. The van der Waals surface area contributed by atoms with E-state index < -0.39 is 23.6 Å². The maximum atomic E-state index is 13.4. The summed E-state index contributed by atoms with van der Waals surface area (Å²) in [6.45, 7) is -0.306. The van der Waals surface area contributed by atoms with Crippen LogP contribution in [0.5, 0.6) is 5.75 Å². The van der Waals surface area contributed by atoms with Gasteiger partial charge in [-0.1, -0.05) is 11.6 Å². The predicted molar refractivity (Wildman–Crippen MR) is 58.3 cm³/mol. The topological polar surface area (TPSA) is 35.2 Å². The second kappa shape index (κ2) is 3.78. The standard InChI is InChI=1S/C11H11ClF3NO/c1-17-7-3-2-6(13)9(12)8(7)10(5-16)4-11(10,14)15/h2-3H,4-5,16H2,1H3. The predicted octanol–water partition coefficient (Wildman–Crippen LogP) is 2.72. The lowest BCUT2D eigenvalue weighted by molar-refractivity contribution is 0.0888. The van der Waals surface area contributed by atoms with Crippen molar-refractivity contribution < 1.29 is 17.9 Å². The van der Waals surface area contributed by atoms with Crippen molar-refractivity contribution in [3.63, 3.8) is 0 Å². The number of alkyl halides is 2. The van der Waals surface area contributed by atoms with E-state index in [1.165, 1.54) is 13.2 Å². The number of hydrogen-bond donors (Lipinski definition) is 1. The molecule has 2 nitrogen and oxygen atoms in total. The van der Waals surface area contributed by atoms with Gasteiger partial charge in [-0.25, -0.2) is 13.2 Å². The van der Waals surface area contributed by atoms with Gasteiger partial charge in [0.05, 0.1) is 17.5 Å². The first-order valence-corrected chi connectivity index (χ1v) is 5.38. The third-order valence-corrected chi connectivity index (χ3v) is 3.57. The Morgan fingerprint density at radius 3 is 2.47 bits per heavy atom. The van der Waals surface area contributed by atoms with E-state index >= 15 is 0 Å². The maximum absolute atomic E-state index is 13.4. The summed E-state index contributed by atoms with van der Waals surface area (Å²) < 4.78 is 45.2. The molecule has 1 aromatic rings. The number of ether oxygens (including phenoxy) is 1. The average molecular weight is 266 g/mol. The molecule has 1 aliphatic carbocycles. The Morgan fingerprint density at radius 2 is 2.06 bits per heavy atom. The second-order valence-electron chi connectivity index (χ2n) is 4.11. The first-order valence-electron chi connectivity index (χ1n) is 5.00. The molecule has 17 heavy (non-hydrogen) atoms. The van der Waals surface area contributed by atoms with Crippen LogP contribution in [0.15, 0.2) is 12.1 Å². The van der Waals surface area contributed by atoms with E-state index in [9.17, 15) is 13.2 Å². The van der Waals surface area contributed by atoms with Crippen molar-refractivity contribution in [3.05, 3.63) is 28.5 Å². The Balaban J connectivity index is 2.63. The Morgan fingerprint density at radius 1 is 1.47 bits per heavy atom. The highest BCUT2D eigenvalue weighted by molar-refractivity contribution is 6.32. The number of methoxy groups -OCH3 is 1. The molecule has 0 bridgehead atoms. The van der Waals surface area contributed by atoms with Gasteiger partial charge in [-0.15, -0.1) is 0 Å². The molecule has 0 spiro atoms. The van der Waals surface area contributed by atoms with E-state index in [0.717, 1.165) is 6.07 Å². The maximum Gasteiger partial charge on any atom is 0.260 e. The molecule has 2 N–H and O–H groups in total. The van der Waals surface area contributed by atoms with Crippen molar-refractivity contribution in [1.29, 1.82) is 0 Å². The lowest BCUT2D eigenvalue weighted by atomic mass is 9.94. The molecule has 6 heteroatoms. The molecule has 1 aliphatic rings. The third-order valence-electron chi connectivity index (χ3n) is 3.20. The van der Waals surface area contributed by atoms with Crippen LogP contribution in [0.4, 0.5) is 13.2 Å². The summed E-state index contributed by atoms with van der Waals surface area (Å²) in [4.78, 5) is 0. The van der Waals surface area contributed by atoms with Crippen LogP contribution in [-0.2, 0) is 5.41 Å². The second-order valence-corrected chi connectivity index (χ2v) is 4.48. The number of halogens is 4. The molecule has 1 atom stereocenters. The molecule has 0 saturated heterocycles. The van der Waals surface area contributed by atoms with Crippen LogP contribution >= 0.6 is 11.6 Å². The zero-order valence-corrected chi connectivity index (χ0v) is 9.82. The van der Waals surface area contributed by atoms with Gasteiger partial charge in [-0.2, -0.15) is 0 Å². The minimum absolute atomic E-state index is 0.0332.